The molecule has 2 atom stereocenters. The summed E-state index contributed by atoms with van der Waals surface area (Å²) in [5.74, 6) is -0.266. The van der Waals surface area contributed by atoms with Crippen molar-refractivity contribution >= 4 is 36.3 Å². The van der Waals surface area contributed by atoms with Crippen LogP contribution in [0.15, 0.2) is 0 Å². The molecule has 1 amide bonds. The lowest BCUT2D eigenvalue weighted by molar-refractivity contribution is -0.153. The maximum absolute atomic E-state index is 12.6. The Balaban J connectivity index is 2.27. The van der Waals surface area contributed by atoms with Gasteiger partial charge in [-0.2, -0.15) is 12.6 Å². The van der Waals surface area contributed by atoms with Crippen LogP contribution in [0.5, 0.6) is 0 Å². The van der Waals surface area contributed by atoms with E-state index < -0.39 is 12.0 Å². The molecule has 2 saturated heterocycles. The minimum absolute atomic E-state index is 0.0676. The molecule has 2 unspecified atom stereocenters. The topological polar surface area (TPSA) is 60.9 Å². The highest BCUT2D eigenvalue weighted by Crippen LogP contribution is 2.47. The van der Waals surface area contributed by atoms with Gasteiger partial charge in [0, 0.05) is 30.5 Å². The van der Waals surface area contributed by atoms with Gasteiger partial charge in [0.1, 0.15) is 6.04 Å². The maximum Gasteiger partial charge on any atom is 0.327 e. The molecule has 0 bridgehead atoms. The van der Waals surface area contributed by atoms with Crippen molar-refractivity contribution in [3.05, 3.63) is 0 Å². The van der Waals surface area contributed by atoms with Crippen LogP contribution in [0, 0.1) is 5.92 Å². The average molecular weight is 318 g/mol. The normalized spacial score (nSPS) is 27.8. The summed E-state index contributed by atoms with van der Waals surface area (Å²) in [6.07, 6.45) is 1.67. The summed E-state index contributed by atoms with van der Waals surface area (Å²) in [5, 5.41) is 9.42. The fourth-order valence-corrected chi connectivity index (χ4v) is 4.61. The fourth-order valence-electron chi connectivity index (χ4n) is 2.87. The fraction of sp³-hybridized carbons (Fsp3) is 0.846. The van der Waals surface area contributed by atoms with Crippen LogP contribution in [0.3, 0.4) is 0 Å². The van der Waals surface area contributed by atoms with Gasteiger partial charge in [-0.1, -0.05) is 6.92 Å². The Morgan fingerprint density at radius 3 is 2.55 bits per heavy atom. The number of amides is 1. The molecule has 1 spiro atoms. The molecule has 2 heterocycles. The number of piperidine rings is 1. The van der Waals surface area contributed by atoms with Crippen molar-refractivity contribution in [2.75, 3.05) is 31.6 Å². The third kappa shape index (κ3) is 2.80. The van der Waals surface area contributed by atoms with Gasteiger partial charge in [-0.3, -0.25) is 4.79 Å². The third-order valence-corrected chi connectivity index (χ3v) is 6.42. The van der Waals surface area contributed by atoms with E-state index in [4.69, 9.17) is 0 Å². The van der Waals surface area contributed by atoms with Crippen molar-refractivity contribution in [1.82, 2.24) is 9.80 Å². The first-order chi connectivity index (χ1) is 9.41. The molecular weight excluding hydrogens is 296 g/mol. The van der Waals surface area contributed by atoms with E-state index in [9.17, 15) is 14.7 Å². The molecule has 2 aliphatic rings. The number of thiol groups is 1. The Bertz CT molecular complexity index is 397. The van der Waals surface area contributed by atoms with Gasteiger partial charge in [0.15, 0.2) is 0 Å². The van der Waals surface area contributed by atoms with Crippen LogP contribution in [-0.4, -0.2) is 69.3 Å². The molecule has 20 heavy (non-hydrogen) atoms. The average Bonchev–Trinajstić information content (AvgIpc) is 2.80. The minimum Gasteiger partial charge on any atom is -0.480 e. The number of carboxylic acid groups (broad SMARTS) is 1. The number of thioether (sulfide) groups is 1. The minimum atomic E-state index is -0.895. The summed E-state index contributed by atoms with van der Waals surface area (Å²) in [6.45, 7) is 3.62. The smallest absolute Gasteiger partial charge is 0.327 e. The number of nitrogens with zero attached hydrogens (tertiary/aromatic N) is 2. The number of hydrogen-bond acceptors (Lipinski definition) is 5. The van der Waals surface area contributed by atoms with E-state index in [-0.39, 0.29) is 16.7 Å². The van der Waals surface area contributed by atoms with Crippen molar-refractivity contribution in [3.8, 4) is 0 Å². The summed E-state index contributed by atoms with van der Waals surface area (Å²) >= 11 is 5.83. The molecule has 0 saturated carbocycles. The Kier molecular flexibility index (Phi) is 4.92. The SMILES string of the molecule is CC(CS)C(=O)N1C(C(=O)O)CSC12CCN(C)CC2. The zero-order chi connectivity index (χ0) is 14.9. The quantitative estimate of drug-likeness (QED) is 0.760. The van der Waals surface area contributed by atoms with E-state index in [2.05, 4.69) is 24.6 Å². The van der Waals surface area contributed by atoms with Crippen LogP contribution >= 0.6 is 24.4 Å². The predicted octanol–water partition coefficient (Wildman–Crippen LogP) is 1.00. The van der Waals surface area contributed by atoms with Crippen LogP contribution < -0.4 is 0 Å². The summed E-state index contributed by atoms with van der Waals surface area (Å²) in [6, 6.07) is -0.696. The number of carbonyl (C=O) groups excluding carboxylic acids is 1. The Morgan fingerprint density at radius 1 is 1.45 bits per heavy atom. The van der Waals surface area contributed by atoms with Gasteiger partial charge in [-0.05, 0) is 19.9 Å². The van der Waals surface area contributed by atoms with Crippen LogP contribution in [-0.2, 0) is 9.59 Å². The molecule has 0 aliphatic carbocycles. The van der Waals surface area contributed by atoms with Gasteiger partial charge >= 0.3 is 5.97 Å². The highest BCUT2D eigenvalue weighted by Gasteiger charge is 2.53. The van der Waals surface area contributed by atoms with Crippen molar-refractivity contribution < 1.29 is 14.7 Å². The van der Waals surface area contributed by atoms with E-state index in [0.717, 1.165) is 25.9 Å². The number of likely N-dealkylation sites (tertiary alicyclic amines) is 1. The van der Waals surface area contributed by atoms with Crippen LogP contribution in [0.25, 0.3) is 0 Å². The first kappa shape index (κ1) is 16.0. The van der Waals surface area contributed by atoms with Crippen molar-refractivity contribution in [3.63, 3.8) is 0 Å². The summed E-state index contributed by atoms with van der Waals surface area (Å²) in [4.78, 5) is 27.7. The molecule has 0 aromatic carbocycles. The van der Waals surface area contributed by atoms with Gasteiger partial charge in [0.05, 0.1) is 4.87 Å². The van der Waals surface area contributed by atoms with Gasteiger partial charge < -0.3 is 14.9 Å². The number of carbonyl (C=O) groups is 2. The summed E-state index contributed by atoms with van der Waals surface area (Å²) < 4.78 is 0. The van der Waals surface area contributed by atoms with Crippen molar-refractivity contribution in [2.45, 2.75) is 30.7 Å². The van der Waals surface area contributed by atoms with E-state index >= 15 is 0 Å². The monoisotopic (exact) mass is 318 g/mol. The molecule has 5 nitrogen and oxygen atoms in total. The lowest BCUT2D eigenvalue weighted by atomic mass is 9.99. The molecule has 0 aromatic rings. The second kappa shape index (κ2) is 6.15. The Hall–Kier alpha value is -0.400. The summed E-state index contributed by atoms with van der Waals surface area (Å²) in [5.41, 5.74) is 0. The number of carboxylic acids is 1. The standard InChI is InChI=1S/C13H22N2O3S2/c1-9(7-19)11(16)15-10(12(17)18)8-20-13(15)3-5-14(2)6-4-13/h9-10,19H,3-8H2,1-2H3,(H,17,18). The Morgan fingerprint density at radius 2 is 2.05 bits per heavy atom. The van der Waals surface area contributed by atoms with Crippen LogP contribution in [0.1, 0.15) is 19.8 Å². The zero-order valence-corrected chi connectivity index (χ0v) is 13.6. The molecule has 0 aromatic heterocycles. The second-order valence-electron chi connectivity index (χ2n) is 5.71. The lowest BCUT2D eigenvalue weighted by Crippen LogP contribution is -2.57. The second-order valence-corrected chi connectivity index (χ2v) is 7.45. The first-order valence-electron chi connectivity index (χ1n) is 6.90. The first-order valence-corrected chi connectivity index (χ1v) is 8.52. The number of hydrogen-bond donors (Lipinski definition) is 2. The molecule has 0 radical (unpaired) electrons. The highest BCUT2D eigenvalue weighted by molar-refractivity contribution is 8.01. The van der Waals surface area contributed by atoms with Gasteiger partial charge in [0.2, 0.25) is 5.91 Å². The summed E-state index contributed by atoms with van der Waals surface area (Å²) in [7, 11) is 2.06. The molecule has 7 heteroatoms. The largest absolute Gasteiger partial charge is 0.480 e. The van der Waals surface area contributed by atoms with Gasteiger partial charge in [0.25, 0.3) is 0 Å². The van der Waals surface area contributed by atoms with Crippen LogP contribution in [0.4, 0.5) is 0 Å². The van der Waals surface area contributed by atoms with E-state index in [1.165, 1.54) is 0 Å². The zero-order valence-electron chi connectivity index (χ0n) is 11.9. The molecule has 2 rings (SSSR count). The highest BCUT2D eigenvalue weighted by atomic mass is 32.2. The third-order valence-electron chi connectivity index (χ3n) is 4.25. The molecule has 2 fully saturated rings. The number of rotatable bonds is 3. The molecule has 1 N–H and O–H groups in total. The maximum atomic E-state index is 12.6. The van der Waals surface area contributed by atoms with E-state index in [0.29, 0.717) is 11.5 Å². The molecule has 114 valence electrons. The predicted molar refractivity (Wildman–Crippen MR) is 83.2 cm³/mol. The van der Waals surface area contributed by atoms with Crippen LogP contribution in [0.2, 0.25) is 0 Å². The van der Waals surface area contributed by atoms with Crippen molar-refractivity contribution in [2.24, 2.45) is 5.92 Å². The lowest BCUT2D eigenvalue weighted by Gasteiger charge is -2.45. The van der Waals surface area contributed by atoms with Crippen molar-refractivity contribution in [1.29, 1.82) is 0 Å². The number of aliphatic carboxylic acids is 1. The molecular formula is C13H22N2O3S2. The van der Waals surface area contributed by atoms with E-state index in [1.807, 2.05) is 6.92 Å². The van der Waals surface area contributed by atoms with Gasteiger partial charge in [-0.15, -0.1) is 11.8 Å². The molecule has 2 aliphatic heterocycles. The van der Waals surface area contributed by atoms with E-state index in [1.54, 1.807) is 16.7 Å². The Labute approximate surface area is 129 Å². The van der Waals surface area contributed by atoms with Gasteiger partial charge in [-0.25, -0.2) is 4.79 Å².